The Morgan fingerprint density at radius 1 is 1.22 bits per heavy atom. The van der Waals surface area contributed by atoms with Crippen LogP contribution in [0.3, 0.4) is 0 Å². The summed E-state index contributed by atoms with van der Waals surface area (Å²) in [6.45, 7) is 2.93. The average Bonchev–Trinajstić information content (AvgIpc) is 2.40. The van der Waals surface area contributed by atoms with Crippen molar-refractivity contribution in [2.75, 3.05) is 6.61 Å². The second-order valence-corrected chi connectivity index (χ2v) is 4.04. The van der Waals surface area contributed by atoms with E-state index in [9.17, 15) is 0 Å². The minimum atomic E-state index is 0.437. The highest BCUT2D eigenvalue weighted by atomic mass is 16.5. The molecule has 2 aromatic heterocycles. The summed E-state index contributed by atoms with van der Waals surface area (Å²) in [6.07, 6.45) is 2.55. The number of nitrogens with two attached hydrogens (primary N) is 1. The molecule has 0 fully saturated rings. The van der Waals surface area contributed by atoms with E-state index in [-0.39, 0.29) is 0 Å². The van der Waals surface area contributed by atoms with Crippen LogP contribution in [0.4, 0.5) is 0 Å². The Balaban J connectivity index is 1.96. The van der Waals surface area contributed by atoms with E-state index >= 15 is 0 Å². The first-order chi connectivity index (χ1) is 8.79. The summed E-state index contributed by atoms with van der Waals surface area (Å²) < 4.78 is 5.68. The highest BCUT2D eigenvalue weighted by Gasteiger charge is 2.04. The summed E-state index contributed by atoms with van der Waals surface area (Å²) in [4.78, 5) is 8.60. The fourth-order valence-corrected chi connectivity index (χ4v) is 1.64. The molecule has 0 saturated heterocycles. The maximum Gasteiger partial charge on any atom is 0.218 e. The molecule has 4 heteroatoms. The molecular weight excluding hydrogens is 226 g/mol. The molecule has 0 aromatic carbocycles. The molecule has 0 aliphatic rings. The van der Waals surface area contributed by atoms with Crippen LogP contribution in [0.25, 0.3) is 0 Å². The van der Waals surface area contributed by atoms with Crippen molar-refractivity contribution in [1.82, 2.24) is 9.97 Å². The minimum Gasteiger partial charge on any atom is -0.477 e. The van der Waals surface area contributed by atoms with Crippen molar-refractivity contribution in [1.29, 1.82) is 0 Å². The minimum absolute atomic E-state index is 0.437. The van der Waals surface area contributed by atoms with Crippen molar-refractivity contribution in [2.45, 2.75) is 19.9 Å². The summed E-state index contributed by atoms with van der Waals surface area (Å²) in [6, 6.07) is 9.75. The van der Waals surface area contributed by atoms with Crippen molar-refractivity contribution < 1.29 is 4.74 Å². The van der Waals surface area contributed by atoms with Gasteiger partial charge in [0, 0.05) is 36.1 Å². The Morgan fingerprint density at radius 2 is 2.11 bits per heavy atom. The lowest BCUT2D eigenvalue weighted by molar-refractivity contribution is 0.304. The van der Waals surface area contributed by atoms with Gasteiger partial charge >= 0.3 is 0 Å². The van der Waals surface area contributed by atoms with Gasteiger partial charge in [0.1, 0.15) is 0 Å². The molecule has 2 aromatic rings. The summed E-state index contributed by atoms with van der Waals surface area (Å²) >= 11 is 0. The Bertz CT molecular complexity index is 500. The normalized spacial score (nSPS) is 10.3. The molecular formula is C14H17N3O. The smallest absolute Gasteiger partial charge is 0.218 e. The molecule has 0 atom stereocenters. The molecule has 18 heavy (non-hydrogen) atoms. The van der Waals surface area contributed by atoms with Gasteiger partial charge < -0.3 is 10.5 Å². The second kappa shape index (κ2) is 6.12. The fraction of sp³-hybridized carbons (Fsp3) is 0.286. The quantitative estimate of drug-likeness (QED) is 0.870. The molecule has 2 rings (SSSR count). The molecule has 0 saturated carbocycles. The van der Waals surface area contributed by atoms with Gasteiger partial charge in [0.15, 0.2) is 0 Å². The predicted octanol–water partition coefficient (Wildman–Crippen LogP) is 1.87. The van der Waals surface area contributed by atoms with E-state index < -0.39 is 0 Å². The van der Waals surface area contributed by atoms with Crippen LogP contribution in [0.5, 0.6) is 5.88 Å². The van der Waals surface area contributed by atoms with Gasteiger partial charge in [0.25, 0.3) is 0 Å². The van der Waals surface area contributed by atoms with Crippen LogP contribution in [0.2, 0.25) is 0 Å². The lowest BCUT2D eigenvalue weighted by atomic mass is 10.2. The van der Waals surface area contributed by atoms with Crippen LogP contribution >= 0.6 is 0 Å². The first-order valence-electron chi connectivity index (χ1n) is 5.99. The number of aromatic nitrogens is 2. The number of nitrogens with zero attached hydrogens (tertiary/aromatic N) is 2. The van der Waals surface area contributed by atoms with Crippen molar-refractivity contribution >= 4 is 0 Å². The average molecular weight is 243 g/mol. The number of aryl methyl sites for hydroxylation is 1. The van der Waals surface area contributed by atoms with Gasteiger partial charge in [-0.1, -0.05) is 12.1 Å². The molecule has 0 amide bonds. The standard InChI is InChI=1S/C14H17N3O/c1-11-5-6-12(10-15)14(17-11)18-9-7-13-4-2-3-8-16-13/h2-6,8H,7,9-10,15H2,1H3. The van der Waals surface area contributed by atoms with Crippen LogP contribution in [0.15, 0.2) is 36.5 Å². The third-order valence-electron chi connectivity index (χ3n) is 2.62. The van der Waals surface area contributed by atoms with E-state index in [0.717, 1.165) is 23.4 Å². The lowest BCUT2D eigenvalue weighted by Crippen LogP contribution is -2.08. The number of rotatable bonds is 5. The Labute approximate surface area is 107 Å². The molecule has 2 heterocycles. The first-order valence-corrected chi connectivity index (χ1v) is 5.99. The van der Waals surface area contributed by atoms with Crippen LogP contribution < -0.4 is 10.5 Å². The van der Waals surface area contributed by atoms with Crippen LogP contribution in [-0.2, 0) is 13.0 Å². The zero-order valence-electron chi connectivity index (χ0n) is 10.5. The van der Waals surface area contributed by atoms with Crippen LogP contribution in [0, 0.1) is 6.92 Å². The molecule has 0 aliphatic heterocycles. The van der Waals surface area contributed by atoms with E-state index in [1.165, 1.54) is 0 Å². The first kappa shape index (κ1) is 12.5. The van der Waals surface area contributed by atoms with Gasteiger partial charge in [-0.05, 0) is 25.1 Å². The zero-order chi connectivity index (χ0) is 12.8. The maximum absolute atomic E-state index is 5.68. The Hall–Kier alpha value is -1.94. The highest BCUT2D eigenvalue weighted by Crippen LogP contribution is 2.15. The molecule has 0 radical (unpaired) electrons. The fourth-order valence-electron chi connectivity index (χ4n) is 1.64. The summed E-state index contributed by atoms with van der Waals surface area (Å²) in [5.41, 5.74) is 8.53. The van der Waals surface area contributed by atoms with Crippen molar-refractivity contribution in [3.05, 3.63) is 53.5 Å². The zero-order valence-corrected chi connectivity index (χ0v) is 10.5. The van der Waals surface area contributed by atoms with Crippen molar-refractivity contribution in [3.63, 3.8) is 0 Å². The van der Waals surface area contributed by atoms with Gasteiger partial charge in [-0.2, -0.15) is 0 Å². The Kier molecular flexibility index (Phi) is 4.25. The van der Waals surface area contributed by atoms with E-state index in [4.69, 9.17) is 10.5 Å². The van der Waals surface area contributed by atoms with Gasteiger partial charge in [-0.3, -0.25) is 4.98 Å². The predicted molar refractivity (Wildman–Crippen MR) is 70.3 cm³/mol. The molecule has 4 nitrogen and oxygen atoms in total. The lowest BCUT2D eigenvalue weighted by Gasteiger charge is -2.09. The molecule has 0 spiro atoms. The second-order valence-electron chi connectivity index (χ2n) is 4.04. The van der Waals surface area contributed by atoms with Crippen LogP contribution in [0.1, 0.15) is 17.0 Å². The Morgan fingerprint density at radius 3 is 2.83 bits per heavy atom. The third kappa shape index (κ3) is 3.28. The van der Waals surface area contributed by atoms with E-state index in [2.05, 4.69) is 9.97 Å². The number of hydrogen-bond donors (Lipinski definition) is 1. The maximum atomic E-state index is 5.68. The largest absolute Gasteiger partial charge is 0.477 e. The molecule has 94 valence electrons. The van der Waals surface area contributed by atoms with Gasteiger partial charge in [-0.15, -0.1) is 0 Å². The van der Waals surface area contributed by atoms with E-state index in [0.29, 0.717) is 19.0 Å². The molecule has 0 unspecified atom stereocenters. The van der Waals surface area contributed by atoms with E-state index in [1.54, 1.807) is 6.20 Å². The van der Waals surface area contributed by atoms with Gasteiger partial charge in [-0.25, -0.2) is 4.98 Å². The van der Waals surface area contributed by atoms with Crippen molar-refractivity contribution in [3.8, 4) is 5.88 Å². The summed E-state index contributed by atoms with van der Waals surface area (Å²) in [5, 5.41) is 0. The molecule has 0 bridgehead atoms. The number of ether oxygens (including phenoxy) is 1. The summed E-state index contributed by atoms with van der Waals surface area (Å²) in [7, 11) is 0. The topological polar surface area (TPSA) is 61.0 Å². The van der Waals surface area contributed by atoms with Gasteiger partial charge in [0.2, 0.25) is 5.88 Å². The molecule has 0 aliphatic carbocycles. The molecule has 2 N–H and O–H groups in total. The van der Waals surface area contributed by atoms with E-state index in [1.807, 2.05) is 37.3 Å². The monoisotopic (exact) mass is 243 g/mol. The van der Waals surface area contributed by atoms with Crippen molar-refractivity contribution in [2.24, 2.45) is 5.73 Å². The third-order valence-corrected chi connectivity index (χ3v) is 2.62. The summed E-state index contributed by atoms with van der Waals surface area (Å²) in [5.74, 6) is 0.633. The number of hydrogen-bond acceptors (Lipinski definition) is 4. The van der Waals surface area contributed by atoms with Gasteiger partial charge in [0.05, 0.1) is 6.61 Å². The van der Waals surface area contributed by atoms with Crippen LogP contribution in [-0.4, -0.2) is 16.6 Å². The highest BCUT2D eigenvalue weighted by molar-refractivity contribution is 5.27. The number of pyridine rings is 2. The SMILES string of the molecule is Cc1ccc(CN)c(OCCc2ccccn2)n1.